The van der Waals surface area contributed by atoms with Crippen molar-refractivity contribution in [3.8, 4) is 0 Å². The number of carbonyl (C=O) groups excluding carboxylic acids is 1. The van der Waals surface area contributed by atoms with E-state index >= 15 is 0 Å². The van der Waals surface area contributed by atoms with E-state index in [1.54, 1.807) is 24.1 Å². The number of aryl methyl sites for hydroxylation is 1. The lowest BCUT2D eigenvalue weighted by Gasteiger charge is -2.19. The van der Waals surface area contributed by atoms with Gasteiger partial charge in [0.25, 0.3) is 11.5 Å². The number of anilines is 1. The maximum atomic E-state index is 13.1. The van der Waals surface area contributed by atoms with Crippen LogP contribution in [0.15, 0.2) is 53.3 Å². The number of hydrogen-bond acceptors (Lipinski definition) is 4. The van der Waals surface area contributed by atoms with Crippen molar-refractivity contribution in [2.24, 2.45) is 0 Å². The third-order valence-corrected chi connectivity index (χ3v) is 4.72. The van der Waals surface area contributed by atoms with Gasteiger partial charge < -0.3 is 9.80 Å². The van der Waals surface area contributed by atoms with Gasteiger partial charge in [-0.25, -0.2) is 4.68 Å². The Kier molecular flexibility index (Phi) is 5.78. The molecule has 0 aliphatic carbocycles. The van der Waals surface area contributed by atoms with Crippen molar-refractivity contribution in [1.82, 2.24) is 14.7 Å². The maximum absolute atomic E-state index is 13.1. The first-order valence-corrected chi connectivity index (χ1v) is 9.44. The van der Waals surface area contributed by atoms with E-state index in [0.717, 1.165) is 17.7 Å². The molecule has 6 nitrogen and oxygen atoms in total. The Morgan fingerprint density at radius 3 is 2.25 bits per heavy atom. The van der Waals surface area contributed by atoms with Crippen LogP contribution in [0, 0.1) is 0 Å². The molecule has 146 valence electrons. The van der Waals surface area contributed by atoms with Crippen LogP contribution in [0.3, 0.4) is 0 Å². The van der Waals surface area contributed by atoms with Crippen LogP contribution in [0.25, 0.3) is 10.8 Å². The summed E-state index contributed by atoms with van der Waals surface area (Å²) in [4.78, 5) is 29.4. The monoisotopic (exact) mass is 378 g/mol. The number of benzene rings is 2. The lowest BCUT2D eigenvalue weighted by Crippen LogP contribution is -2.32. The summed E-state index contributed by atoms with van der Waals surface area (Å²) in [6.45, 7) is 2.93. The van der Waals surface area contributed by atoms with E-state index < -0.39 is 0 Å². The quantitative estimate of drug-likeness (QED) is 0.661. The molecule has 0 saturated heterocycles. The molecule has 0 bridgehead atoms. The third kappa shape index (κ3) is 3.91. The SMILES string of the molecule is CCCn1nc(C(=O)N(C)Cc2ccc(N(C)C)cc2)c2ccccc2c1=O. The normalized spacial score (nSPS) is 10.9. The third-order valence-electron chi connectivity index (χ3n) is 4.72. The fraction of sp³-hybridized carbons (Fsp3) is 0.318. The largest absolute Gasteiger partial charge is 0.378 e. The van der Waals surface area contributed by atoms with Crippen LogP contribution in [0.2, 0.25) is 0 Å². The van der Waals surface area contributed by atoms with E-state index in [1.807, 2.05) is 62.3 Å². The number of fused-ring (bicyclic) bond motifs is 1. The second-order valence-corrected chi connectivity index (χ2v) is 7.14. The minimum atomic E-state index is -0.197. The van der Waals surface area contributed by atoms with Gasteiger partial charge in [-0.1, -0.05) is 37.3 Å². The van der Waals surface area contributed by atoms with Crippen LogP contribution >= 0.6 is 0 Å². The standard InChI is InChI=1S/C22H26N4O2/c1-5-14-26-21(27)19-9-7-6-8-18(19)20(23-26)22(28)25(4)15-16-10-12-17(13-11-16)24(2)3/h6-13H,5,14-15H2,1-4H3. The van der Waals surface area contributed by atoms with Crippen molar-refractivity contribution in [3.63, 3.8) is 0 Å². The van der Waals surface area contributed by atoms with Gasteiger partial charge in [-0.05, 0) is 30.2 Å². The molecular weight excluding hydrogens is 352 g/mol. The van der Waals surface area contributed by atoms with Crippen molar-refractivity contribution in [2.75, 3.05) is 26.0 Å². The average Bonchev–Trinajstić information content (AvgIpc) is 2.70. The number of rotatable bonds is 6. The van der Waals surface area contributed by atoms with Crippen LogP contribution in [-0.4, -0.2) is 41.7 Å². The second kappa shape index (κ2) is 8.25. The van der Waals surface area contributed by atoms with Gasteiger partial charge in [-0.3, -0.25) is 9.59 Å². The van der Waals surface area contributed by atoms with Crippen molar-refractivity contribution >= 4 is 22.4 Å². The molecule has 1 amide bonds. The van der Waals surface area contributed by atoms with E-state index in [0.29, 0.717) is 29.6 Å². The Hall–Kier alpha value is -3.15. The number of hydrogen-bond donors (Lipinski definition) is 0. The molecule has 0 fully saturated rings. The van der Waals surface area contributed by atoms with Crippen LogP contribution < -0.4 is 10.5 Å². The molecule has 0 radical (unpaired) electrons. The van der Waals surface area contributed by atoms with Gasteiger partial charge in [0.05, 0.1) is 5.39 Å². The molecule has 2 aromatic carbocycles. The molecule has 3 aromatic rings. The zero-order valence-corrected chi connectivity index (χ0v) is 16.8. The maximum Gasteiger partial charge on any atom is 0.274 e. The van der Waals surface area contributed by atoms with Crippen LogP contribution in [0.1, 0.15) is 29.4 Å². The highest BCUT2D eigenvalue weighted by atomic mass is 16.2. The van der Waals surface area contributed by atoms with Crippen LogP contribution in [-0.2, 0) is 13.1 Å². The van der Waals surface area contributed by atoms with Gasteiger partial charge in [-0.15, -0.1) is 0 Å². The van der Waals surface area contributed by atoms with Gasteiger partial charge in [0.15, 0.2) is 5.69 Å². The summed E-state index contributed by atoms with van der Waals surface area (Å²) in [6, 6.07) is 15.3. The van der Waals surface area contributed by atoms with Gasteiger partial charge in [-0.2, -0.15) is 5.10 Å². The van der Waals surface area contributed by atoms with Crippen LogP contribution in [0.5, 0.6) is 0 Å². The highest BCUT2D eigenvalue weighted by molar-refractivity contribution is 6.04. The smallest absolute Gasteiger partial charge is 0.274 e. The van der Waals surface area contributed by atoms with Crippen molar-refractivity contribution in [3.05, 3.63) is 70.1 Å². The zero-order chi connectivity index (χ0) is 20.3. The van der Waals surface area contributed by atoms with Crippen molar-refractivity contribution < 1.29 is 4.79 Å². The Morgan fingerprint density at radius 1 is 1.00 bits per heavy atom. The molecule has 0 aliphatic heterocycles. The summed E-state index contributed by atoms with van der Waals surface area (Å²) in [5.74, 6) is -0.197. The first kappa shape index (κ1) is 19.6. The number of amides is 1. The van der Waals surface area contributed by atoms with Gasteiger partial charge in [0.2, 0.25) is 0 Å². The molecule has 0 spiro atoms. The first-order valence-electron chi connectivity index (χ1n) is 9.44. The molecule has 1 heterocycles. The second-order valence-electron chi connectivity index (χ2n) is 7.14. The molecule has 0 N–H and O–H groups in total. The van der Waals surface area contributed by atoms with Gasteiger partial charge >= 0.3 is 0 Å². The molecule has 0 aliphatic rings. The summed E-state index contributed by atoms with van der Waals surface area (Å²) in [5, 5.41) is 5.52. The Bertz CT molecular complexity index is 1040. The molecule has 6 heteroatoms. The van der Waals surface area contributed by atoms with E-state index in [9.17, 15) is 9.59 Å². The molecule has 0 atom stereocenters. The number of nitrogens with zero attached hydrogens (tertiary/aromatic N) is 4. The Labute approximate surface area is 165 Å². The van der Waals surface area contributed by atoms with Crippen LogP contribution in [0.4, 0.5) is 5.69 Å². The van der Waals surface area contributed by atoms with E-state index in [2.05, 4.69) is 5.10 Å². The minimum Gasteiger partial charge on any atom is -0.378 e. The Morgan fingerprint density at radius 2 is 1.64 bits per heavy atom. The lowest BCUT2D eigenvalue weighted by atomic mass is 10.1. The summed E-state index contributed by atoms with van der Waals surface area (Å²) in [5.41, 5.74) is 2.30. The van der Waals surface area contributed by atoms with Crippen molar-refractivity contribution in [1.29, 1.82) is 0 Å². The highest BCUT2D eigenvalue weighted by Crippen LogP contribution is 2.17. The summed E-state index contributed by atoms with van der Waals surface area (Å²) >= 11 is 0. The number of carbonyl (C=O) groups is 1. The summed E-state index contributed by atoms with van der Waals surface area (Å²) < 4.78 is 1.40. The molecule has 0 unspecified atom stereocenters. The van der Waals surface area contributed by atoms with Gasteiger partial charge in [0, 0.05) is 45.3 Å². The summed E-state index contributed by atoms with van der Waals surface area (Å²) in [7, 11) is 5.74. The van der Waals surface area contributed by atoms with E-state index in [-0.39, 0.29) is 11.5 Å². The molecule has 3 rings (SSSR count). The predicted octanol–water partition coefficient (Wildman–Crippen LogP) is 3.14. The molecular formula is C22H26N4O2. The fourth-order valence-electron chi connectivity index (χ4n) is 3.18. The number of aromatic nitrogens is 2. The zero-order valence-electron chi connectivity index (χ0n) is 16.8. The fourth-order valence-corrected chi connectivity index (χ4v) is 3.18. The van der Waals surface area contributed by atoms with Gasteiger partial charge in [0.1, 0.15) is 0 Å². The lowest BCUT2D eigenvalue weighted by molar-refractivity contribution is 0.0778. The topological polar surface area (TPSA) is 58.4 Å². The molecule has 0 saturated carbocycles. The van der Waals surface area contributed by atoms with Crippen molar-refractivity contribution in [2.45, 2.75) is 26.4 Å². The molecule has 1 aromatic heterocycles. The highest BCUT2D eigenvalue weighted by Gasteiger charge is 2.20. The average molecular weight is 378 g/mol. The van der Waals surface area contributed by atoms with E-state index in [1.165, 1.54) is 4.68 Å². The predicted molar refractivity (Wildman–Crippen MR) is 113 cm³/mol. The summed E-state index contributed by atoms with van der Waals surface area (Å²) in [6.07, 6.45) is 0.771. The van der Waals surface area contributed by atoms with E-state index in [4.69, 9.17) is 0 Å². The minimum absolute atomic E-state index is 0.157. The Balaban J connectivity index is 1.93. The molecule has 28 heavy (non-hydrogen) atoms. The first-order chi connectivity index (χ1) is 13.4.